The number of hydrogen-bond acceptors (Lipinski definition) is 4. The largest absolute Gasteiger partial charge is 0.350 e. The molecule has 0 fully saturated rings. The van der Waals surface area contributed by atoms with Gasteiger partial charge in [-0.2, -0.15) is 0 Å². The molecule has 4 aromatic rings. The van der Waals surface area contributed by atoms with E-state index in [1.54, 1.807) is 48.5 Å². The third kappa shape index (κ3) is 8.85. The maximum Gasteiger partial charge on any atom is 0.264 e. The first-order valence-corrected chi connectivity index (χ1v) is 16.3. The van der Waals surface area contributed by atoms with E-state index in [2.05, 4.69) is 5.32 Å². The van der Waals surface area contributed by atoms with E-state index < -0.39 is 34.1 Å². The number of amides is 2. The summed E-state index contributed by atoms with van der Waals surface area (Å²) in [4.78, 5) is 29.7. The van der Waals surface area contributed by atoms with Crippen LogP contribution in [0.15, 0.2) is 114 Å². The first-order valence-electron chi connectivity index (χ1n) is 14.1. The predicted octanol–water partition coefficient (Wildman–Crippen LogP) is 6.74. The number of carbonyl (C=O) groups excluding carboxylic acids is 2. The fourth-order valence-electron chi connectivity index (χ4n) is 4.70. The Labute approximate surface area is 269 Å². The van der Waals surface area contributed by atoms with Crippen LogP contribution in [0.3, 0.4) is 0 Å². The van der Waals surface area contributed by atoms with Crippen molar-refractivity contribution in [3.05, 3.63) is 130 Å². The zero-order valence-electron chi connectivity index (χ0n) is 24.8. The molecule has 0 aromatic heterocycles. The SMILES string of the molecule is CC(C)(C)NC(=O)[C@H](Cc1ccccc1)N(Cc1cccc(Cl)c1)C(=O)CN(c1ccccc1)S(=O)(=O)c1ccc(Cl)cc1. The van der Waals surface area contributed by atoms with Crippen LogP contribution < -0.4 is 9.62 Å². The van der Waals surface area contributed by atoms with Crippen molar-refractivity contribution in [1.82, 2.24) is 10.2 Å². The summed E-state index contributed by atoms with van der Waals surface area (Å²) in [6.07, 6.45) is 0.213. The van der Waals surface area contributed by atoms with E-state index in [1.165, 1.54) is 29.2 Å². The summed E-state index contributed by atoms with van der Waals surface area (Å²) in [6, 6.07) is 29.6. The summed E-state index contributed by atoms with van der Waals surface area (Å²) in [7, 11) is -4.21. The van der Waals surface area contributed by atoms with Crippen LogP contribution in [0, 0.1) is 0 Å². The quantitative estimate of drug-likeness (QED) is 0.194. The first-order chi connectivity index (χ1) is 20.8. The molecule has 0 heterocycles. The van der Waals surface area contributed by atoms with E-state index in [9.17, 15) is 18.0 Å². The maximum absolute atomic E-state index is 14.4. The van der Waals surface area contributed by atoms with Gasteiger partial charge in [-0.25, -0.2) is 8.42 Å². The summed E-state index contributed by atoms with van der Waals surface area (Å²) in [5, 5.41) is 3.87. The molecule has 0 saturated carbocycles. The molecule has 0 bridgehead atoms. The molecule has 4 rings (SSSR count). The third-order valence-electron chi connectivity index (χ3n) is 6.74. The summed E-state index contributed by atoms with van der Waals surface area (Å²) in [6.45, 7) is 5.07. The lowest BCUT2D eigenvalue weighted by molar-refractivity contribution is -0.140. The number of halogens is 2. The van der Waals surface area contributed by atoms with Crippen molar-refractivity contribution in [2.75, 3.05) is 10.8 Å². The van der Waals surface area contributed by atoms with Crippen molar-refractivity contribution < 1.29 is 18.0 Å². The highest BCUT2D eigenvalue weighted by Crippen LogP contribution is 2.26. The van der Waals surface area contributed by atoms with Crippen molar-refractivity contribution >= 4 is 50.7 Å². The smallest absolute Gasteiger partial charge is 0.264 e. The van der Waals surface area contributed by atoms with E-state index in [0.717, 1.165) is 9.87 Å². The number of benzene rings is 4. The highest BCUT2D eigenvalue weighted by atomic mass is 35.5. The molecule has 230 valence electrons. The van der Waals surface area contributed by atoms with Crippen LogP contribution in [0.5, 0.6) is 0 Å². The minimum absolute atomic E-state index is 0.0220. The van der Waals surface area contributed by atoms with Gasteiger partial charge in [0.2, 0.25) is 11.8 Å². The van der Waals surface area contributed by atoms with Gasteiger partial charge in [0.25, 0.3) is 10.0 Å². The second-order valence-corrected chi connectivity index (χ2v) is 14.1. The summed E-state index contributed by atoms with van der Waals surface area (Å²) in [5.41, 5.74) is 1.26. The molecule has 0 spiro atoms. The van der Waals surface area contributed by atoms with E-state index in [0.29, 0.717) is 21.3 Å². The molecule has 0 aliphatic rings. The number of carbonyl (C=O) groups is 2. The topological polar surface area (TPSA) is 86.8 Å². The third-order valence-corrected chi connectivity index (χ3v) is 9.01. The van der Waals surface area contributed by atoms with Gasteiger partial charge in [-0.15, -0.1) is 0 Å². The fourth-order valence-corrected chi connectivity index (χ4v) is 6.45. The molecule has 1 N–H and O–H groups in total. The Kier molecular flexibility index (Phi) is 10.7. The van der Waals surface area contributed by atoms with Gasteiger partial charge in [-0.05, 0) is 80.4 Å². The normalized spacial score (nSPS) is 12.3. The molecule has 0 saturated heterocycles. The molecular formula is C34H35Cl2N3O4S. The molecule has 0 unspecified atom stereocenters. The Morgan fingerprint density at radius 1 is 0.773 bits per heavy atom. The number of para-hydroxylation sites is 1. The van der Waals surface area contributed by atoms with Crippen LogP contribution in [0.25, 0.3) is 0 Å². The molecular weight excluding hydrogens is 617 g/mol. The van der Waals surface area contributed by atoms with Gasteiger partial charge in [0, 0.05) is 28.5 Å². The van der Waals surface area contributed by atoms with Crippen molar-refractivity contribution in [1.29, 1.82) is 0 Å². The zero-order chi connectivity index (χ0) is 31.9. The number of nitrogens with zero attached hydrogens (tertiary/aromatic N) is 2. The Balaban J connectivity index is 1.80. The standard InChI is InChI=1S/C34H35Cl2N3O4S/c1-34(2,3)37-33(41)31(22-25-11-6-4-7-12-25)38(23-26-13-10-14-28(36)21-26)32(40)24-39(29-15-8-5-9-16-29)44(42,43)30-19-17-27(35)18-20-30/h4-21,31H,22-24H2,1-3H3,(H,37,41)/t31-/m0/s1. The number of anilines is 1. The Bertz CT molecular complexity index is 1680. The number of hydrogen-bond donors (Lipinski definition) is 1. The summed E-state index contributed by atoms with van der Waals surface area (Å²) in [5.74, 6) is -0.917. The van der Waals surface area contributed by atoms with Gasteiger partial charge in [0.1, 0.15) is 12.6 Å². The van der Waals surface area contributed by atoms with Crippen LogP contribution in [0.2, 0.25) is 10.0 Å². The number of nitrogens with one attached hydrogen (secondary N) is 1. The van der Waals surface area contributed by atoms with E-state index in [1.807, 2.05) is 57.2 Å². The van der Waals surface area contributed by atoms with E-state index in [4.69, 9.17) is 23.2 Å². The lowest BCUT2D eigenvalue weighted by Crippen LogP contribution is -2.56. The van der Waals surface area contributed by atoms with Gasteiger partial charge < -0.3 is 10.2 Å². The van der Waals surface area contributed by atoms with Crippen LogP contribution >= 0.6 is 23.2 Å². The molecule has 44 heavy (non-hydrogen) atoms. The Morgan fingerprint density at radius 3 is 1.95 bits per heavy atom. The first kappa shape index (κ1) is 33.1. The van der Waals surface area contributed by atoms with Crippen molar-refractivity contribution in [2.24, 2.45) is 0 Å². The number of sulfonamides is 1. The van der Waals surface area contributed by atoms with Crippen LogP contribution in [0.4, 0.5) is 5.69 Å². The average molecular weight is 653 g/mol. The highest BCUT2D eigenvalue weighted by Gasteiger charge is 2.35. The summed E-state index contributed by atoms with van der Waals surface area (Å²) >= 11 is 12.3. The number of rotatable bonds is 11. The van der Waals surface area contributed by atoms with Gasteiger partial charge >= 0.3 is 0 Å². The Hall–Kier alpha value is -3.85. The lowest BCUT2D eigenvalue weighted by Gasteiger charge is -2.35. The maximum atomic E-state index is 14.4. The van der Waals surface area contributed by atoms with Gasteiger partial charge in [-0.1, -0.05) is 83.9 Å². The van der Waals surface area contributed by atoms with Gasteiger partial charge in [0.15, 0.2) is 0 Å². The molecule has 0 aliphatic carbocycles. The van der Waals surface area contributed by atoms with Gasteiger partial charge in [-0.3, -0.25) is 13.9 Å². The fraction of sp³-hybridized carbons (Fsp3) is 0.235. The van der Waals surface area contributed by atoms with Crippen LogP contribution in [-0.4, -0.2) is 43.3 Å². The second-order valence-electron chi connectivity index (χ2n) is 11.4. The summed E-state index contributed by atoms with van der Waals surface area (Å²) < 4.78 is 29.1. The van der Waals surface area contributed by atoms with Crippen LogP contribution in [0.1, 0.15) is 31.9 Å². The Morgan fingerprint density at radius 2 is 1.36 bits per heavy atom. The molecule has 1 atom stereocenters. The molecule has 7 nitrogen and oxygen atoms in total. The minimum atomic E-state index is -4.21. The monoisotopic (exact) mass is 651 g/mol. The van der Waals surface area contributed by atoms with Crippen molar-refractivity contribution in [3.8, 4) is 0 Å². The second kappa shape index (κ2) is 14.3. The zero-order valence-corrected chi connectivity index (χ0v) is 27.1. The minimum Gasteiger partial charge on any atom is -0.350 e. The molecule has 4 aromatic carbocycles. The van der Waals surface area contributed by atoms with Crippen molar-refractivity contribution in [2.45, 2.75) is 50.2 Å². The predicted molar refractivity (Wildman–Crippen MR) is 176 cm³/mol. The molecule has 2 amide bonds. The lowest BCUT2D eigenvalue weighted by atomic mass is 10.0. The highest BCUT2D eigenvalue weighted by molar-refractivity contribution is 7.92. The molecule has 0 radical (unpaired) electrons. The average Bonchev–Trinajstić information content (AvgIpc) is 2.98. The van der Waals surface area contributed by atoms with E-state index in [-0.39, 0.29) is 23.8 Å². The molecule has 0 aliphatic heterocycles. The van der Waals surface area contributed by atoms with Gasteiger partial charge in [0.05, 0.1) is 10.6 Å². The molecule has 10 heteroatoms. The van der Waals surface area contributed by atoms with Crippen molar-refractivity contribution in [3.63, 3.8) is 0 Å². The van der Waals surface area contributed by atoms with Crippen LogP contribution in [-0.2, 0) is 32.6 Å². The van der Waals surface area contributed by atoms with E-state index >= 15 is 0 Å².